The van der Waals surface area contributed by atoms with Gasteiger partial charge in [0.2, 0.25) is 0 Å². The molecule has 0 aliphatic heterocycles. The van der Waals surface area contributed by atoms with Crippen LogP contribution in [-0.4, -0.2) is 35.7 Å². The smallest absolute Gasteiger partial charge is 0.315 e. The first kappa shape index (κ1) is 18.1. The quantitative estimate of drug-likeness (QED) is 0.808. The molecule has 1 unspecified atom stereocenters. The Kier molecular flexibility index (Phi) is 5.31. The first-order chi connectivity index (χ1) is 10.7. The maximum atomic E-state index is 11.5. The van der Waals surface area contributed by atoms with Gasteiger partial charge in [-0.25, -0.2) is 0 Å². The van der Waals surface area contributed by atoms with Gasteiger partial charge in [0.1, 0.15) is 5.75 Å². The van der Waals surface area contributed by atoms with Gasteiger partial charge in [-0.15, -0.1) is 11.8 Å². The highest BCUT2D eigenvalue weighted by Crippen LogP contribution is 2.57. The van der Waals surface area contributed by atoms with Crippen LogP contribution in [0.5, 0.6) is 5.75 Å². The molecule has 1 atom stereocenters. The number of benzene rings is 1. The summed E-state index contributed by atoms with van der Waals surface area (Å²) in [5.41, 5.74) is 5.13. The van der Waals surface area contributed by atoms with Crippen LogP contribution in [0.2, 0.25) is 0 Å². The Morgan fingerprint density at radius 2 is 2.00 bits per heavy atom. The average molecular weight is 338 g/mol. The minimum absolute atomic E-state index is 0.0481. The molecule has 0 saturated heterocycles. The summed E-state index contributed by atoms with van der Waals surface area (Å²) in [5.74, 6) is 0.353. The molecule has 0 heterocycles. The van der Waals surface area contributed by atoms with Crippen molar-refractivity contribution in [3.8, 4) is 5.75 Å². The van der Waals surface area contributed by atoms with Crippen LogP contribution in [-0.2, 0) is 22.4 Å². The molecule has 0 fully saturated rings. The Morgan fingerprint density at radius 1 is 1.35 bits per heavy atom. The topological polar surface area (TPSA) is 66.8 Å². The number of methoxy groups -OCH3 is 1. The molecule has 4 nitrogen and oxygen atoms in total. The van der Waals surface area contributed by atoms with E-state index in [1.54, 1.807) is 0 Å². The maximum Gasteiger partial charge on any atom is 0.315 e. The van der Waals surface area contributed by atoms with Gasteiger partial charge in [0.15, 0.2) is 0 Å². The van der Waals surface area contributed by atoms with Crippen molar-refractivity contribution in [1.29, 1.82) is 0 Å². The van der Waals surface area contributed by atoms with Crippen LogP contribution in [0.4, 0.5) is 0 Å². The van der Waals surface area contributed by atoms with Crippen LogP contribution in [0.25, 0.3) is 0 Å². The first-order valence-corrected chi connectivity index (χ1v) is 8.92. The molecule has 1 aliphatic carbocycles. The number of ether oxygens (including phenoxy) is 1. The van der Waals surface area contributed by atoms with Gasteiger partial charge >= 0.3 is 5.97 Å². The number of aromatic hydroxyl groups is 1. The Balaban J connectivity index is 2.49. The summed E-state index contributed by atoms with van der Waals surface area (Å²) < 4.78 is 4.74. The Morgan fingerprint density at radius 3 is 2.57 bits per heavy atom. The van der Waals surface area contributed by atoms with Gasteiger partial charge in [-0.2, -0.15) is 0 Å². The molecule has 1 aliphatic rings. The number of esters is 1. The second-order valence-corrected chi connectivity index (χ2v) is 7.97. The highest BCUT2D eigenvalue weighted by Gasteiger charge is 2.43. The van der Waals surface area contributed by atoms with E-state index in [4.69, 9.17) is 4.74 Å². The zero-order chi connectivity index (χ0) is 17.4. The third-order valence-corrected chi connectivity index (χ3v) is 6.46. The maximum absolute atomic E-state index is 11.5. The Bertz CT molecular complexity index is 622. The standard InChI is InChI=1S/C18H26O4S/c1-10-12(6-7-19)11(2)16(21)15-13(10)8-18(3,4)17(15)23-9-14(20)22-5/h17,19,21H,6-9H2,1-5H3. The summed E-state index contributed by atoms with van der Waals surface area (Å²) >= 11 is 1.53. The molecule has 0 spiro atoms. The van der Waals surface area contributed by atoms with E-state index in [1.165, 1.54) is 30.0 Å². The molecule has 0 amide bonds. The molecule has 0 radical (unpaired) electrons. The number of rotatable bonds is 5. The lowest BCUT2D eigenvalue weighted by atomic mass is 9.89. The van der Waals surface area contributed by atoms with Crippen molar-refractivity contribution >= 4 is 17.7 Å². The van der Waals surface area contributed by atoms with E-state index in [0.29, 0.717) is 12.2 Å². The van der Waals surface area contributed by atoms with Crippen LogP contribution in [0.1, 0.15) is 46.9 Å². The lowest BCUT2D eigenvalue weighted by Crippen LogP contribution is -2.17. The van der Waals surface area contributed by atoms with Crippen LogP contribution in [0.3, 0.4) is 0 Å². The van der Waals surface area contributed by atoms with Crippen LogP contribution >= 0.6 is 11.8 Å². The Hall–Kier alpha value is -1.20. The zero-order valence-corrected chi connectivity index (χ0v) is 15.3. The fourth-order valence-corrected chi connectivity index (χ4v) is 4.98. The molecule has 0 saturated carbocycles. The number of phenols is 1. The third-order valence-electron chi connectivity index (χ3n) is 4.86. The van der Waals surface area contributed by atoms with Crippen molar-refractivity contribution in [2.75, 3.05) is 19.5 Å². The summed E-state index contributed by atoms with van der Waals surface area (Å²) in [6.45, 7) is 8.38. The number of carbonyl (C=O) groups excluding carboxylic acids is 1. The van der Waals surface area contributed by atoms with E-state index in [2.05, 4.69) is 20.8 Å². The molecule has 1 aromatic carbocycles. The molecule has 0 aromatic heterocycles. The molecule has 0 bridgehead atoms. The summed E-state index contributed by atoms with van der Waals surface area (Å²) in [7, 11) is 1.39. The number of carbonyl (C=O) groups is 1. The van der Waals surface area contributed by atoms with Crippen molar-refractivity contribution < 1.29 is 19.7 Å². The summed E-state index contributed by atoms with van der Waals surface area (Å²) in [6.07, 6.45) is 1.41. The predicted molar refractivity (Wildman–Crippen MR) is 93.1 cm³/mol. The SMILES string of the molecule is COC(=O)CSC1c2c(O)c(C)c(CCO)c(C)c2CC1(C)C. The van der Waals surface area contributed by atoms with Gasteiger partial charge in [0.25, 0.3) is 0 Å². The number of phenolic OH excluding ortho intramolecular Hbond substituents is 1. The summed E-state index contributed by atoms with van der Waals surface area (Å²) in [4.78, 5) is 11.5. The van der Waals surface area contributed by atoms with Crippen molar-refractivity contribution in [2.45, 2.75) is 45.8 Å². The monoisotopic (exact) mass is 338 g/mol. The van der Waals surface area contributed by atoms with Gasteiger partial charge in [0, 0.05) is 17.4 Å². The van der Waals surface area contributed by atoms with Gasteiger partial charge in [-0.3, -0.25) is 4.79 Å². The molecule has 2 N–H and O–H groups in total. The fourth-order valence-electron chi connectivity index (χ4n) is 3.61. The van der Waals surface area contributed by atoms with Gasteiger partial charge in [0.05, 0.1) is 12.9 Å². The van der Waals surface area contributed by atoms with Gasteiger partial charge < -0.3 is 14.9 Å². The Labute approximate surface area is 142 Å². The molecule has 1 aromatic rings. The van der Waals surface area contributed by atoms with E-state index >= 15 is 0 Å². The van der Waals surface area contributed by atoms with Crippen molar-refractivity contribution in [3.63, 3.8) is 0 Å². The second kappa shape index (κ2) is 6.73. The number of hydrogen-bond donors (Lipinski definition) is 2. The molecule has 128 valence electrons. The fraction of sp³-hybridized carbons (Fsp3) is 0.611. The molecular formula is C18H26O4S. The third kappa shape index (κ3) is 3.22. The largest absolute Gasteiger partial charge is 0.507 e. The number of thioether (sulfide) groups is 1. The highest BCUT2D eigenvalue weighted by molar-refractivity contribution is 8.00. The molecular weight excluding hydrogens is 312 g/mol. The van der Waals surface area contributed by atoms with E-state index in [9.17, 15) is 15.0 Å². The predicted octanol–water partition coefficient (Wildman–Crippen LogP) is 3.07. The molecule has 23 heavy (non-hydrogen) atoms. The summed E-state index contributed by atoms with van der Waals surface area (Å²) in [5, 5.41) is 20.1. The zero-order valence-electron chi connectivity index (χ0n) is 14.5. The average Bonchev–Trinajstić information content (AvgIpc) is 2.78. The van der Waals surface area contributed by atoms with Crippen molar-refractivity contribution in [1.82, 2.24) is 0 Å². The van der Waals surface area contributed by atoms with Crippen molar-refractivity contribution in [3.05, 3.63) is 27.8 Å². The molecule has 5 heteroatoms. The first-order valence-electron chi connectivity index (χ1n) is 7.87. The van der Waals surface area contributed by atoms with Crippen LogP contribution in [0, 0.1) is 19.3 Å². The van der Waals surface area contributed by atoms with Crippen LogP contribution in [0.15, 0.2) is 0 Å². The number of aliphatic hydroxyl groups is 1. The minimum atomic E-state index is -0.246. The number of fused-ring (bicyclic) bond motifs is 1. The van der Waals surface area contributed by atoms with Crippen molar-refractivity contribution in [2.24, 2.45) is 5.41 Å². The van der Waals surface area contributed by atoms with Gasteiger partial charge in [-0.05, 0) is 54.4 Å². The van der Waals surface area contributed by atoms with Gasteiger partial charge in [-0.1, -0.05) is 13.8 Å². The van der Waals surface area contributed by atoms with Crippen LogP contribution < -0.4 is 0 Å². The minimum Gasteiger partial charge on any atom is -0.507 e. The van der Waals surface area contributed by atoms with E-state index < -0.39 is 0 Å². The summed E-state index contributed by atoms with van der Waals surface area (Å²) in [6, 6.07) is 0. The normalized spacial score (nSPS) is 18.8. The van der Waals surface area contributed by atoms with E-state index in [-0.39, 0.29) is 29.0 Å². The van der Waals surface area contributed by atoms with E-state index in [1.807, 2.05) is 6.92 Å². The van der Waals surface area contributed by atoms with E-state index in [0.717, 1.165) is 23.1 Å². The number of hydrogen-bond acceptors (Lipinski definition) is 5. The molecule has 2 rings (SSSR count). The lowest BCUT2D eigenvalue weighted by molar-refractivity contribution is -0.137. The second-order valence-electron chi connectivity index (χ2n) is 6.88. The lowest BCUT2D eigenvalue weighted by Gasteiger charge is -2.27. The highest BCUT2D eigenvalue weighted by atomic mass is 32.2. The number of aliphatic hydroxyl groups excluding tert-OH is 1.